The topological polar surface area (TPSA) is 61.2 Å². The van der Waals surface area contributed by atoms with Crippen LogP contribution < -0.4 is 5.73 Å². The number of carbonyl (C=O) groups is 1. The lowest BCUT2D eigenvalue weighted by atomic mass is 10.2. The Kier molecular flexibility index (Phi) is 5.20. The van der Waals surface area contributed by atoms with Crippen LogP contribution in [0, 0.1) is 0 Å². The van der Waals surface area contributed by atoms with Gasteiger partial charge in [-0.1, -0.05) is 41.6 Å². The van der Waals surface area contributed by atoms with E-state index < -0.39 is 5.24 Å². The van der Waals surface area contributed by atoms with Gasteiger partial charge < -0.3 is 14.7 Å². The summed E-state index contributed by atoms with van der Waals surface area (Å²) >= 11 is 8.88. The lowest BCUT2D eigenvalue weighted by Crippen LogP contribution is -2.06. The van der Waals surface area contributed by atoms with Crippen molar-refractivity contribution >= 4 is 51.3 Å². The van der Waals surface area contributed by atoms with E-state index in [0.717, 1.165) is 43.2 Å². The minimum absolute atomic E-state index is 0.459. The van der Waals surface area contributed by atoms with Crippen LogP contribution in [0.3, 0.4) is 0 Å². The Morgan fingerprint density at radius 3 is 2.63 bits per heavy atom. The van der Waals surface area contributed by atoms with Crippen molar-refractivity contribution in [2.45, 2.75) is 21.4 Å². The average Bonchev–Trinajstić information content (AvgIpc) is 3.25. The summed E-state index contributed by atoms with van der Waals surface area (Å²) < 4.78 is 7.57. The highest BCUT2D eigenvalue weighted by Gasteiger charge is 2.21. The van der Waals surface area contributed by atoms with Gasteiger partial charge in [-0.25, -0.2) is 0 Å². The SMILES string of the molecule is NC(=O)Sc1c(Sc2ccccc2)c2cc(Cl)ccc2n1Cc1ccco1. The van der Waals surface area contributed by atoms with E-state index in [2.05, 4.69) is 0 Å². The van der Waals surface area contributed by atoms with Gasteiger partial charge >= 0.3 is 0 Å². The molecule has 0 fully saturated rings. The molecule has 0 atom stereocenters. The average molecular weight is 415 g/mol. The number of hydrogen-bond acceptors (Lipinski definition) is 4. The van der Waals surface area contributed by atoms with Gasteiger partial charge in [-0.05, 0) is 54.2 Å². The molecule has 0 saturated heterocycles. The summed E-state index contributed by atoms with van der Waals surface area (Å²) in [5.74, 6) is 0.796. The molecule has 27 heavy (non-hydrogen) atoms. The normalized spacial score (nSPS) is 11.1. The van der Waals surface area contributed by atoms with Crippen LogP contribution in [0.15, 0.2) is 86.2 Å². The van der Waals surface area contributed by atoms with E-state index in [1.54, 1.807) is 18.0 Å². The first-order valence-corrected chi connectivity index (χ1v) is 10.2. The summed E-state index contributed by atoms with van der Waals surface area (Å²) in [7, 11) is 0. The molecule has 0 aliphatic rings. The highest BCUT2D eigenvalue weighted by molar-refractivity contribution is 8.14. The zero-order chi connectivity index (χ0) is 18.8. The fourth-order valence-electron chi connectivity index (χ4n) is 2.89. The first-order valence-electron chi connectivity index (χ1n) is 8.16. The van der Waals surface area contributed by atoms with Crippen molar-refractivity contribution in [1.82, 2.24) is 4.57 Å². The number of amides is 1. The molecule has 2 aromatic carbocycles. The number of primary amides is 1. The van der Waals surface area contributed by atoms with Gasteiger partial charge in [0.2, 0.25) is 0 Å². The summed E-state index contributed by atoms with van der Waals surface area (Å²) in [5.41, 5.74) is 6.50. The predicted octanol–water partition coefficient (Wildman–Crippen LogP) is 6.26. The van der Waals surface area contributed by atoms with Crippen LogP contribution in [0.1, 0.15) is 5.76 Å². The van der Waals surface area contributed by atoms with Crippen molar-refractivity contribution < 1.29 is 9.21 Å². The zero-order valence-corrected chi connectivity index (χ0v) is 16.5. The molecular weight excluding hydrogens is 400 g/mol. The molecule has 2 N–H and O–H groups in total. The molecule has 0 saturated carbocycles. The number of aromatic nitrogens is 1. The van der Waals surface area contributed by atoms with E-state index in [1.807, 2.05) is 65.2 Å². The molecule has 0 aliphatic heterocycles. The van der Waals surface area contributed by atoms with Gasteiger partial charge in [0.25, 0.3) is 5.24 Å². The van der Waals surface area contributed by atoms with E-state index in [-0.39, 0.29) is 0 Å². The number of fused-ring (bicyclic) bond motifs is 1. The third-order valence-electron chi connectivity index (χ3n) is 3.99. The van der Waals surface area contributed by atoms with Crippen LogP contribution >= 0.6 is 35.1 Å². The molecule has 2 heterocycles. The largest absolute Gasteiger partial charge is 0.467 e. The van der Waals surface area contributed by atoms with Gasteiger partial charge in [0.05, 0.1) is 28.2 Å². The fourth-order valence-corrected chi connectivity index (χ4v) is 4.98. The summed E-state index contributed by atoms with van der Waals surface area (Å²) in [5, 5.41) is 1.94. The maximum atomic E-state index is 11.8. The lowest BCUT2D eigenvalue weighted by Gasteiger charge is -2.09. The zero-order valence-electron chi connectivity index (χ0n) is 14.1. The van der Waals surface area contributed by atoms with Crippen LogP contribution in [0.4, 0.5) is 4.79 Å². The number of benzene rings is 2. The Morgan fingerprint density at radius 1 is 1.11 bits per heavy atom. The Bertz CT molecular complexity index is 1090. The molecule has 0 spiro atoms. The first-order chi connectivity index (χ1) is 13.1. The van der Waals surface area contributed by atoms with Crippen LogP contribution in [-0.2, 0) is 6.54 Å². The summed E-state index contributed by atoms with van der Waals surface area (Å²) in [6, 6.07) is 19.5. The second-order valence-electron chi connectivity index (χ2n) is 5.80. The Hall–Kier alpha value is -2.28. The third kappa shape index (κ3) is 3.88. The minimum atomic E-state index is -0.459. The van der Waals surface area contributed by atoms with Crippen molar-refractivity contribution in [2.75, 3.05) is 0 Å². The number of hydrogen-bond donors (Lipinski definition) is 1. The van der Waals surface area contributed by atoms with Crippen molar-refractivity contribution in [3.63, 3.8) is 0 Å². The molecule has 136 valence electrons. The molecule has 4 rings (SSSR count). The van der Waals surface area contributed by atoms with Crippen LogP contribution in [0.2, 0.25) is 5.02 Å². The molecule has 4 aromatic rings. The number of nitrogens with two attached hydrogens (primary N) is 1. The van der Waals surface area contributed by atoms with Crippen LogP contribution in [0.5, 0.6) is 0 Å². The van der Waals surface area contributed by atoms with E-state index >= 15 is 0 Å². The Labute approximate surface area is 169 Å². The second kappa shape index (κ2) is 7.76. The second-order valence-corrected chi connectivity index (χ2v) is 8.31. The molecule has 0 aliphatic carbocycles. The smallest absolute Gasteiger partial charge is 0.282 e. The van der Waals surface area contributed by atoms with Crippen molar-refractivity contribution in [3.05, 3.63) is 77.7 Å². The van der Waals surface area contributed by atoms with Crippen LogP contribution in [-0.4, -0.2) is 9.81 Å². The number of rotatable bonds is 5. The molecule has 2 aromatic heterocycles. The molecule has 0 radical (unpaired) electrons. The molecular formula is C20H15ClN2O2S2. The maximum Gasteiger partial charge on any atom is 0.282 e. The van der Waals surface area contributed by atoms with Crippen molar-refractivity contribution in [2.24, 2.45) is 5.73 Å². The number of nitrogens with zero attached hydrogens (tertiary/aromatic N) is 1. The van der Waals surface area contributed by atoms with E-state index in [0.29, 0.717) is 11.6 Å². The number of furan rings is 1. The highest BCUT2D eigenvalue weighted by Crippen LogP contribution is 2.44. The summed E-state index contributed by atoms with van der Waals surface area (Å²) in [6.45, 7) is 0.496. The van der Waals surface area contributed by atoms with Gasteiger partial charge in [-0.2, -0.15) is 0 Å². The number of thioether (sulfide) groups is 1. The van der Waals surface area contributed by atoms with Crippen molar-refractivity contribution in [3.8, 4) is 0 Å². The fraction of sp³-hybridized carbons (Fsp3) is 0.0500. The first kappa shape index (κ1) is 18.1. The third-order valence-corrected chi connectivity index (χ3v) is 6.30. The number of halogens is 1. The van der Waals surface area contributed by atoms with Gasteiger partial charge in [-0.3, -0.25) is 4.79 Å². The van der Waals surface area contributed by atoms with Gasteiger partial charge in [0.15, 0.2) is 0 Å². The molecule has 4 nitrogen and oxygen atoms in total. The quantitative estimate of drug-likeness (QED) is 0.391. The summed E-state index contributed by atoms with van der Waals surface area (Å²) in [4.78, 5) is 13.8. The monoisotopic (exact) mass is 414 g/mol. The minimum Gasteiger partial charge on any atom is -0.467 e. The highest BCUT2D eigenvalue weighted by atomic mass is 35.5. The van der Waals surface area contributed by atoms with Crippen LogP contribution in [0.25, 0.3) is 10.9 Å². The van der Waals surface area contributed by atoms with E-state index in [4.69, 9.17) is 21.8 Å². The van der Waals surface area contributed by atoms with Crippen molar-refractivity contribution in [1.29, 1.82) is 0 Å². The Morgan fingerprint density at radius 2 is 1.93 bits per heavy atom. The van der Waals surface area contributed by atoms with Gasteiger partial charge in [0, 0.05) is 15.3 Å². The lowest BCUT2D eigenvalue weighted by molar-refractivity contribution is 0.267. The van der Waals surface area contributed by atoms with Gasteiger partial charge in [0.1, 0.15) is 5.76 Å². The predicted molar refractivity (Wildman–Crippen MR) is 111 cm³/mol. The van der Waals surface area contributed by atoms with E-state index in [9.17, 15) is 4.79 Å². The molecule has 1 amide bonds. The molecule has 0 bridgehead atoms. The van der Waals surface area contributed by atoms with E-state index in [1.165, 1.54) is 0 Å². The summed E-state index contributed by atoms with van der Waals surface area (Å²) in [6.07, 6.45) is 1.64. The standard InChI is InChI=1S/C20H15ClN2O2S2/c21-13-8-9-17-16(11-13)18(26-15-6-2-1-3-7-15)19(27-20(22)24)23(17)12-14-5-4-10-25-14/h1-11H,12H2,(H2,22,24). The van der Waals surface area contributed by atoms with Gasteiger partial charge in [-0.15, -0.1) is 0 Å². The molecule has 0 unspecified atom stereocenters. The Balaban J connectivity index is 1.92. The maximum absolute atomic E-state index is 11.8. The molecule has 7 heteroatoms. The number of carbonyl (C=O) groups excluding carboxylic acids is 1.